The van der Waals surface area contributed by atoms with Gasteiger partial charge in [0.1, 0.15) is 0 Å². The molecule has 0 radical (unpaired) electrons. The van der Waals surface area contributed by atoms with E-state index in [0.29, 0.717) is 11.5 Å². The average molecular weight is 268 g/mol. The van der Waals surface area contributed by atoms with Crippen molar-refractivity contribution in [1.82, 2.24) is 10.2 Å². The summed E-state index contributed by atoms with van der Waals surface area (Å²) in [7, 11) is 3.95. The van der Waals surface area contributed by atoms with Crippen LogP contribution in [-0.4, -0.2) is 50.8 Å². The Labute approximate surface area is 119 Å². The van der Waals surface area contributed by atoms with Gasteiger partial charge in [-0.15, -0.1) is 0 Å². The Kier molecular flexibility index (Phi) is 5.27. The fourth-order valence-corrected chi connectivity index (χ4v) is 3.98. The molecule has 2 saturated carbocycles. The van der Waals surface area contributed by atoms with E-state index in [1.165, 1.54) is 38.6 Å². The molecule has 2 aliphatic carbocycles. The van der Waals surface area contributed by atoms with Crippen molar-refractivity contribution < 1.29 is 4.74 Å². The van der Waals surface area contributed by atoms with Crippen LogP contribution in [0.5, 0.6) is 0 Å². The lowest BCUT2D eigenvalue weighted by molar-refractivity contribution is 0.0687. The first kappa shape index (κ1) is 15.3. The Morgan fingerprint density at radius 3 is 2.58 bits per heavy atom. The van der Waals surface area contributed by atoms with Crippen LogP contribution in [0, 0.1) is 11.3 Å². The molecule has 0 amide bonds. The van der Waals surface area contributed by atoms with Crippen LogP contribution < -0.4 is 5.32 Å². The molecule has 0 aromatic carbocycles. The van der Waals surface area contributed by atoms with Crippen molar-refractivity contribution in [3.05, 3.63) is 0 Å². The summed E-state index contributed by atoms with van der Waals surface area (Å²) in [6, 6.07) is 1.50. The van der Waals surface area contributed by atoms with Gasteiger partial charge in [-0.1, -0.05) is 20.3 Å². The fourth-order valence-electron chi connectivity index (χ4n) is 3.98. The Morgan fingerprint density at radius 2 is 2.00 bits per heavy atom. The van der Waals surface area contributed by atoms with Crippen LogP contribution in [0.15, 0.2) is 0 Å². The lowest BCUT2D eigenvalue weighted by atomic mass is 9.68. The molecule has 1 N–H and O–H groups in total. The number of methoxy groups -OCH3 is 1. The van der Waals surface area contributed by atoms with Gasteiger partial charge in [0.25, 0.3) is 0 Å². The fraction of sp³-hybridized carbons (Fsp3) is 1.00. The Hall–Kier alpha value is -0.120. The first-order valence-corrected chi connectivity index (χ1v) is 7.98. The third-order valence-electron chi connectivity index (χ3n) is 5.14. The maximum Gasteiger partial charge on any atom is 0.0589 e. The Bertz CT molecular complexity index is 276. The van der Waals surface area contributed by atoms with Gasteiger partial charge in [-0.25, -0.2) is 0 Å². The molecule has 112 valence electrons. The summed E-state index contributed by atoms with van der Waals surface area (Å²) in [5, 5.41) is 3.61. The molecule has 2 atom stereocenters. The third kappa shape index (κ3) is 3.93. The van der Waals surface area contributed by atoms with Crippen molar-refractivity contribution in [2.24, 2.45) is 11.3 Å². The zero-order chi connectivity index (χ0) is 13.9. The molecular formula is C16H32N2O. The van der Waals surface area contributed by atoms with Crippen molar-refractivity contribution >= 4 is 0 Å². The molecule has 3 nitrogen and oxygen atoms in total. The highest BCUT2D eigenvalue weighted by molar-refractivity contribution is 4.95. The highest BCUT2D eigenvalue weighted by Crippen LogP contribution is 2.40. The number of hydrogen-bond acceptors (Lipinski definition) is 3. The van der Waals surface area contributed by atoms with Gasteiger partial charge in [0, 0.05) is 32.3 Å². The largest absolute Gasteiger partial charge is 0.383 e. The molecule has 0 heterocycles. The molecule has 0 aromatic heterocycles. The van der Waals surface area contributed by atoms with E-state index in [0.717, 1.165) is 25.1 Å². The van der Waals surface area contributed by atoms with E-state index in [4.69, 9.17) is 4.74 Å². The normalized spacial score (nSPS) is 30.8. The Balaban J connectivity index is 1.94. The summed E-state index contributed by atoms with van der Waals surface area (Å²) in [6.45, 7) is 8.09. The van der Waals surface area contributed by atoms with Gasteiger partial charge < -0.3 is 10.1 Å². The molecule has 2 aliphatic rings. The lowest BCUT2D eigenvalue weighted by Crippen LogP contribution is -2.52. The van der Waals surface area contributed by atoms with E-state index >= 15 is 0 Å². The third-order valence-corrected chi connectivity index (χ3v) is 5.14. The quantitative estimate of drug-likeness (QED) is 0.768. The maximum absolute atomic E-state index is 5.28. The molecule has 3 heteroatoms. The second-order valence-corrected chi connectivity index (χ2v) is 7.13. The Morgan fingerprint density at radius 1 is 1.26 bits per heavy atom. The van der Waals surface area contributed by atoms with Crippen LogP contribution in [0.1, 0.15) is 46.0 Å². The predicted molar refractivity (Wildman–Crippen MR) is 80.4 cm³/mol. The van der Waals surface area contributed by atoms with E-state index in [2.05, 4.69) is 31.1 Å². The van der Waals surface area contributed by atoms with Crippen molar-refractivity contribution in [1.29, 1.82) is 0 Å². The van der Waals surface area contributed by atoms with Gasteiger partial charge in [0.15, 0.2) is 0 Å². The number of hydrogen-bond donors (Lipinski definition) is 1. The van der Waals surface area contributed by atoms with Crippen LogP contribution in [0.25, 0.3) is 0 Å². The van der Waals surface area contributed by atoms with Crippen molar-refractivity contribution in [2.45, 2.75) is 58.0 Å². The van der Waals surface area contributed by atoms with E-state index in [1.807, 2.05) is 7.11 Å². The van der Waals surface area contributed by atoms with Crippen LogP contribution >= 0.6 is 0 Å². The van der Waals surface area contributed by atoms with Crippen LogP contribution in [0.4, 0.5) is 0 Å². The van der Waals surface area contributed by atoms with Gasteiger partial charge in [-0.05, 0) is 44.1 Å². The number of rotatable bonds is 7. The van der Waals surface area contributed by atoms with Crippen LogP contribution in [0.2, 0.25) is 0 Å². The van der Waals surface area contributed by atoms with Crippen LogP contribution in [0.3, 0.4) is 0 Å². The van der Waals surface area contributed by atoms with E-state index in [-0.39, 0.29) is 0 Å². The maximum atomic E-state index is 5.28. The molecule has 0 aromatic rings. The molecule has 0 saturated heterocycles. The summed E-state index contributed by atoms with van der Waals surface area (Å²) in [5.74, 6) is 0.797. The predicted octanol–water partition coefficient (Wildman–Crippen LogP) is 2.51. The summed E-state index contributed by atoms with van der Waals surface area (Å²) in [4.78, 5) is 2.68. The average Bonchev–Trinajstić information content (AvgIpc) is 3.17. The van der Waals surface area contributed by atoms with Gasteiger partial charge in [-0.2, -0.15) is 0 Å². The highest BCUT2D eigenvalue weighted by atomic mass is 16.5. The minimum absolute atomic E-state index is 0.439. The summed E-state index contributed by atoms with van der Waals surface area (Å²) in [6.07, 6.45) is 6.91. The van der Waals surface area contributed by atoms with Crippen molar-refractivity contribution in [2.75, 3.05) is 33.9 Å². The summed E-state index contributed by atoms with van der Waals surface area (Å²) < 4.78 is 5.28. The standard InChI is InChI=1S/C16H32N2O/c1-16(2)9-5-6-13(15(16)17-3)12-18(10-11-19-4)14-7-8-14/h13-15,17H,5-12H2,1-4H3. The van der Waals surface area contributed by atoms with Gasteiger partial charge in [0.2, 0.25) is 0 Å². The molecule has 0 bridgehead atoms. The summed E-state index contributed by atoms with van der Waals surface area (Å²) in [5.41, 5.74) is 0.439. The second kappa shape index (κ2) is 6.55. The SMILES string of the molecule is CNC1C(CN(CCOC)C2CC2)CCCC1(C)C. The molecule has 19 heavy (non-hydrogen) atoms. The molecule has 2 fully saturated rings. The van der Waals surface area contributed by atoms with Crippen molar-refractivity contribution in [3.8, 4) is 0 Å². The van der Waals surface area contributed by atoms with Crippen molar-refractivity contribution in [3.63, 3.8) is 0 Å². The van der Waals surface area contributed by atoms with Crippen LogP contribution in [-0.2, 0) is 4.74 Å². The molecule has 2 rings (SSSR count). The number of nitrogens with one attached hydrogen (secondary N) is 1. The zero-order valence-corrected chi connectivity index (χ0v) is 13.2. The smallest absolute Gasteiger partial charge is 0.0589 e. The number of ether oxygens (including phenoxy) is 1. The molecular weight excluding hydrogens is 236 g/mol. The molecule has 0 spiro atoms. The van der Waals surface area contributed by atoms with E-state index < -0.39 is 0 Å². The topological polar surface area (TPSA) is 24.5 Å². The minimum Gasteiger partial charge on any atom is -0.383 e. The first-order chi connectivity index (χ1) is 9.08. The second-order valence-electron chi connectivity index (χ2n) is 7.13. The zero-order valence-electron chi connectivity index (χ0n) is 13.2. The van der Waals surface area contributed by atoms with E-state index in [1.54, 1.807) is 0 Å². The molecule has 2 unspecified atom stereocenters. The van der Waals surface area contributed by atoms with Gasteiger partial charge >= 0.3 is 0 Å². The highest BCUT2D eigenvalue weighted by Gasteiger charge is 2.40. The number of nitrogens with zero attached hydrogens (tertiary/aromatic N) is 1. The van der Waals surface area contributed by atoms with Gasteiger partial charge in [0.05, 0.1) is 6.61 Å². The van der Waals surface area contributed by atoms with E-state index in [9.17, 15) is 0 Å². The summed E-state index contributed by atoms with van der Waals surface area (Å²) >= 11 is 0. The minimum atomic E-state index is 0.439. The van der Waals surface area contributed by atoms with Gasteiger partial charge in [-0.3, -0.25) is 4.90 Å². The molecule has 0 aliphatic heterocycles. The lowest BCUT2D eigenvalue weighted by Gasteiger charge is -2.45. The monoisotopic (exact) mass is 268 g/mol. The first-order valence-electron chi connectivity index (χ1n) is 7.98.